The molecule has 0 aliphatic rings. The highest BCUT2D eigenvalue weighted by molar-refractivity contribution is 5.90. The summed E-state index contributed by atoms with van der Waals surface area (Å²) in [5, 5.41) is 9.14. The highest BCUT2D eigenvalue weighted by atomic mass is 16.4. The van der Waals surface area contributed by atoms with Gasteiger partial charge in [-0.2, -0.15) is 0 Å². The van der Waals surface area contributed by atoms with Crippen LogP contribution in [-0.2, 0) is 19.3 Å². The van der Waals surface area contributed by atoms with Crippen molar-refractivity contribution in [2.24, 2.45) is 0 Å². The van der Waals surface area contributed by atoms with Crippen LogP contribution in [0.4, 0.5) is 0 Å². The van der Waals surface area contributed by atoms with E-state index in [1.54, 1.807) is 6.07 Å². The van der Waals surface area contributed by atoms with E-state index < -0.39 is 5.97 Å². The first-order valence-corrected chi connectivity index (χ1v) is 7.02. The third kappa shape index (κ3) is 3.86. The predicted octanol–water partition coefficient (Wildman–Crippen LogP) is 4.49. The molecule has 0 atom stereocenters. The molecule has 0 bridgehead atoms. The van der Waals surface area contributed by atoms with Gasteiger partial charge in [0.2, 0.25) is 0 Å². The summed E-state index contributed by atoms with van der Waals surface area (Å²) in [7, 11) is 0. The first-order chi connectivity index (χ1) is 8.65. The zero-order chi connectivity index (χ0) is 14.1. The van der Waals surface area contributed by atoms with Gasteiger partial charge in [0.05, 0.1) is 5.56 Å². The minimum absolute atomic E-state index is 0.471. The maximum atomic E-state index is 11.1. The summed E-state index contributed by atoms with van der Waals surface area (Å²) in [5.41, 5.74) is 4.04. The second kappa shape index (κ2) is 8.73. The molecule has 0 aliphatic heterocycles. The van der Waals surface area contributed by atoms with E-state index in [1.807, 2.05) is 26.8 Å². The topological polar surface area (TPSA) is 37.3 Å². The fourth-order valence-electron chi connectivity index (χ4n) is 2.29. The fourth-order valence-corrected chi connectivity index (χ4v) is 2.29. The van der Waals surface area contributed by atoms with Crippen molar-refractivity contribution in [1.29, 1.82) is 0 Å². The Bertz CT molecular complexity index is 381. The molecule has 102 valence electrons. The van der Waals surface area contributed by atoms with Crippen molar-refractivity contribution in [1.82, 2.24) is 0 Å². The summed E-state index contributed by atoms with van der Waals surface area (Å²) < 4.78 is 0. The first-order valence-electron chi connectivity index (χ1n) is 7.02. The van der Waals surface area contributed by atoms with Crippen molar-refractivity contribution >= 4 is 5.97 Å². The largest absolute Gasteiger partial charge is 0.478 e. The van der Waals surface area contributed by atoms with Gasteiger partial charge in [-0.25, -0.2) is 4.79 Å². The SMILES string of the molecule is CC.CCCc1ccc(C(=O)O)c(CC)c1CC. The fraction of sp³-hybridized carbons (Fsp3) is 0.562. The Morgan fingerprint density at radius 1 is 1.06 bits per heavy atom. The Balaban J connectivity index is 0.00000137. The highest BCUT2D eigenvalue weighted by Gasteiger charge is 2.14. The summed E-state index contributed by atoms with van der Waals surface area (Å²) in [6, 6.07) is 3.73. The molecule has 0 spiro atoms. The number of aryl methyl sites for hydroxylation is 1. The molecule has 2 heteroatoms. The number of carboxylic acid groups (broad SMARTS) is 1. The van der Waals surface area contributed by atoms with Gasteiger partial charge in [-0.3, -0.25) is 0 Å². The van der Waals surface area contributed by atoms with Crippen LogP contribution in [0.25, 0.3) is 0 Å². The van der Waals surface area contributed by atoms with Crippen LogP contribution in [-0.4, -0.2) is 11.1 Å². The summed E-state index contributed by atoms with van der Waals surface area (Å²) in [6.07, 6.45) is 3.85. The van der Waals surface area contributed by atoms with Crippen molar-refractivity contribution in [3.63, 3.8) is 0 Å². The maximum Gasteiger partial charge on any atom is 0.335 e. The van der Waals surface area contributed by atoms with Crippen molar-refractivity contribution in [3.8, 4) is 0 Å². The molecule has 0 amide bonds. The zero-order valence-electron chi connectivity index (χ0n) is 12.3. The standard InChI is InChI=1S/C14H20O2.C2H6/c1-4-7-10-8-9-13(14(15)16)12(6-3)11(10)5-2;1-2/h8-9H,4-7H2,1-3H3,(H,15,16);1-2H3. The average Bonchev–Trinajstić information content (AvgIpc) is 2.40. The Kier molecular flexibility index (Phi) is 8.10. The number of hydrogen-bond acceptors (Lipinski definition) is 1. The van der Waals surface area contributed by atoms with E-state index in [0.29, 0.717) is 5.56 Å². The normalized spacial score (nSPS) is 9.61. The molecule has 18 heavy (non-hydrogen) atoms. The van der Waals surface area contributed by atoms with Gasteiger partial charge in [0.15, 0.2) is 0 Å². The van der Waals surface area contributed by atoms with Crippen molar-refractivity contribution < 1.29 is 9.90 Å². The lowest BCUT2D eigenvalue weighted by Crippen LogP contribution is -2.07. The lowest BCUT2D eigenvalue weighted by molar-refractivity contribution is 0.0695. The van der Waals surface area contributed by atoms with Crippen LogP contribution in [0.15, 0.2) is 12.1 Å². The minimum Gasteiger partial charge on any atom is -0.478 e. The molecular formula is C16H26O2. The third-order valence-corrected chi connectivity index (χ3v) is 2.99. The number of aromatic carboxylic acids is 1. The van der Waals surface area contributed by atoms with E-state index in [2.05, 4.69) is 13.8 Å². The van der Waals surface area contributed by atoms with Gasteiger partial charge in [-0.15, -0.1) is 0 Å². The van der Waals surface area contributed by atoms with Crippen molar-refractivity contribution in [2.75, 3.05) is 0 Å². The minimum atomic E-state index is -0.811. The second-order valence-electron chi connectivity index (χ2n) is 3.99. The van der Waals surface area contributed by atoms with E-state index >= 15 is 0 Å². The molecule has 0 aromatic heterocycles. The van der Waals surface area contributed by atoms with Gasteiger partial charge < -0.3 is 5.11 Å². The Hall–Kier alpha value is -1.31. The quantitative estimate of drug-likeness (QED) is 0.836. The highest BCUT2D eigenvalue weighted by Crippen LogP contribution is 2.22. The average molecular weight is 250 g/mol. The van der Waals surface area contributed by atoms with Crippen molar-refractivity contribution in [2.45, 2.75) is 60.3 Å². The summed E-state index contributed by atoms with van der Waals surface area (Å²) in [6.45, 7) is 10.3. The number of hydrogen-bond donors (Lipinski definition) is 1. The summed E-state index contributed by atoms with van der Waals surface area (Å²) in [4.78, 5) is 11.1. The molecule has 1 aromatic carbocycles. The maximum absolute atomic E-state index is 11.1. The number of rotatable bonds is 5. The Labute approximate surface area is 111 Å². The molecule has 0 unspecified atom stereocenters. The molecule has 1 rings (SSSR count). The molecular weight excluding hydrogens is 224 g/mol. The van der Waals surface area contributed by atoms with Gasteiger partial charge in [0, 0.05) is 0 Å². The van der Waals surface area contributed by atoms with E-state index in [0.717, 1.165) is 31.2 Å². The lowest BCUT2D eigenvalue weighted by Gasteiger charge is -2.14. The summed E-state index contributed by atoms with van der Waals surface area (Å²) >= 11 is 0. The Morgan fingerprint density at radius 3 is 2.00 bits per heavy atom. The van der Waals surface area contributed by atoms with Crippen LogP contribution in [0, 0.1) is 0 Å². The second-order valence-corrected chi connectivity index (χ2v) is 3.99. The molecule has 2 nitrogen and oxygen atoms in total. The van der Waals surface area contributed by atoms with Gasteiger partial charge in [-0.05, 0) is 42.0 Å². The number of carboxylic acids is 1. The van der Waals surface area contributed by atoms with Crippen LogP contribution >= 0.6 is 0 Å². The Morgan fingerprint density at radius 2 is 1.61 bits per heavy atom. The van der Waals surface area contributed by atoms with Crippen LogP contribution < -0.4 is 0 Å². The van der Waals surface area contributed by atoms with Gasteiger partial charge in [0.25, 0.3) is 0 Å². The lowest BCUT2D eigenvalue weighted by atomic mass is 9.91. The molecule has 0 fully saturated rings. The van der Waals surface area contributed by atoms with E-state index in [1.165, 1.54) is 11.1 Å². The van der Waals surface area contributed by atoms with E-state index in [9.17, 15) is 4.79 Å². The van der Waals surface area contributed by atoms with Crippen LogP contribution in [0.2, 0.25) is 0 Å². The van der Waals surface area contributed by atoms with Gasteiger partial charge >= 0.3 is 5.97 Å². The predicted molar refractivity (Wildman–Crippen MR) is 77.5 cm³/mol. The molecule has 0 radical (unpaired) electrons. The summed E-state index contributed by atoms with van der Waals surface area (Å²) in [5.74, 6) is -0.811. The molecule has 0 heterocycles. The number of carbonyl (C=O) groups is 1. The molecule has 1 N–H and O–H groups in total. The smallest absolute Gasteiger partial charge is 0.335 e. The monoisotopic (exact) mass is 250 g/mol. The van der Waals surface area contributed by atoms with E-state index in [-0.39, 0.29) is 0 Å². The van der Waals surface area contributed by atoms with Gasteiger partial charge in [0.1, 0.15) is 0 Å². The van der Waals surface area contributed by atoms with Crippen LogP contribution in [0.5, 0.6) is 0 Å². The van der Waals surface area contributed by atoms with Crippen LogP contribution in [0.3, 0.4) is 0 Å². The molecule has 0 aliphatic carbocycles. The first kappa shape index (κ1) is 16.7. The molecule has 0 saturated heterocycles. The van der Waals surface area contributed by atoms with Gasteiger partial charge in [-0.1, -0.05) is 47.1 Å². The molecule has 1 aromatic rings. The molecule has 0 saturated carbocycles. The zero-order valence-corrected chi connectivity index (χ0v) is 12.3. The van der Waals surface area contributed by atoms with Crippen LogP contribution in [0.1, 0.15) is 68.1 Å². The third-order valence-electron chi connectivity index (χ3n) is 2.99. The van der Waals surface area contributed by atoms with Crippen molar-refractivity contribution in [3.05, 3.63) is 34.4 Å². The van der Waals surface area contributed by atoms with E-state index in [4.69, 9.17) is 5.11 Å². The number of benzene rings is 1.